The summed E-state index contributed by atoms with van der Waals surface area (Å²) in [5.41, 5.74) is 5.76. The van der Waals surface area contributed by atoms with E-state index in [0.717, 1.165) is 43.6 Å². The molecule has 5 nitrogen and oxygen atoms in total. The van der Waals surface area contributed by atoms with Crippen molar-refractivity contribution in [3.63, 3.8) is 0 Å². The molecule has 3 aromatic rings. The van der Waals surface area contributed by atoms with Crippen molar-refractivity contribution in [2.45, 2.75) is 38.3 Å². The number of aromatic nitrogens is 1. The van der Waals surface area contributed by atoms with E-state index in [1.807, 2.05) is 23.1 Å². The third-order valence-electron chi connectivity index (χ3n) is 6.92. The Bertz CT molecular complexity index is 1110. The number of amides is 1. The topological polar surface area (TPSA) is 46.5 Å². The average molecular weight is 416 g/mol. The molecule has 0 aliphatic carbocycles. The molecular formula is C26H29N3O2. The molecule has 1 unspecified atom stereocenters. The van der Waals surface area contributed by atoms with Crippen LogP contribution in [-0.4, -0.2) is 35.1 Å². The molecule has 1 aromatic heterocycles. The highest BCUT2D eigenvalue weighted by Crippen LogP contribution is 2.43. The van der Waals surface area contributed by atoms with Gasteiger partial charge in [0.1, 0.15) is 0 Å². The number of likely N-dealkylation sites (tertiary alicyclic amines) is 1. The Morgan fingerprint density at radius 2 is 1.77 bits per heavy atom. The lowest BCUT2D eigenvalue weighted by atomic mass is 9.82. The average Bonchev–Trinajstić information content (AvgIpc) is 3.30. The molecule has 5 heteroatoms. The van der Waals surface area contributed by atoms with E-state index in [1.54, 1.807) is 0 Å². The maximum absolute atomic E-state index is 13.4. The number of piperidine rings is 1. The number of para-hydroxylation sites is 2. The lowest BCUT2D eigenvalue weighted by Gasteiger charge is -2.46. The maximum atomic E-state index is 13.4. The Kier molecular flexibility index (Phi) is 4.86. The SMILES string of the molecule is C.O=C(C1OCCc2ccccc21)N1CCC2(CC1)Nc1ccccc1-n1cccc12. The molecule has 160 valence electrons. The zero-order chi connectivity index (χ0) is 20.1. The van der Waals surface area contributed by atoms with Crippen LogP contribution in [0.3, 0.4) is 0 Å². The van der Waals surface area contributed by atoms with Crippen molar-refractivity contribution in [3.05, 3.63) is 83.7 Å². The Balaban J connectivity index is 0.00000204. The number of benzene rings is 2. The molecule has 6 rings (SSSR count). The molecule has 1 N–H and O–H groups in total. The second-order valence-corrected chi connectivity index (χ2v) is 8.51. The highest BCUT2D eigenvalue weighted by molar-refractivity contribution is 5.83. The fraction of sp³-hybridized carbons (Fsp3) is 0.346. The van der Waals surface area contributed by atoms with Gasteiger partial charge in [-0.3, -0.25) is 4.79 Å². The molecule has 1 spiro atoms. The third-order valence-corrected chi connectivity index (χ3v) is 6.92. The van der Waals surface area contributed by atoms with Crippen molar-refractivity contribution in [2.24, 2.45) is 0 Å². The van der Waals surface area contributed by atoms with Gasteiger partial charge < -0.3 is 19.5 Å². The van der Waals surface area contributed by atoms with Crippen molar-refractivity contribution in [1.82, 2.24) is 9.47 Å². The van der Waals surface area contributed by atoms with Crippen LogP contribution < -0.4 is 5.32 Å². The Morgan fingerprint density at radius 1 is 1.00 bits per heavy atom. The largest absolute Gasteiger partial charge is 0.372 e. The Morgan fingerprint density at radius 3 is 2.65 bits per heavy atom. The number of fused-ring (bicyclic) bond motifs is 5. The van der Waals surface area contributed by atoms with Crippen LogP contribution in [0.1, 0.15) is 43.2 Å². The van der Waals surface area contributed by atoms with Crippen LogP contribution in [0.5, 0.6) is 0 Å². The minimum Gasteiger partial charge on any atom is -0.372 e. The van der Waals surface area contributed by atoms with Gasteiger partial charge in [0.25, 0.3) is 5.91 Å². The summed E-state index contributed by atoms with van der Waals surface area (Å²) in [6, 6.07) is 21.0. The number of carbonyl (C=O) groups is 1. The molecule has 4 heterocycles. The monoisotopic (exact) mass is 415 g/mol. The van der Waals surface area contributed by atoms with E-state index in [0.29, 0.717) is 6.61 Å². The lowest BCUT2D eigenvalue weighted by molar-refractivity contribution is -0.146. The van der Waals surface area contributed by atoms with E-state index < -0.39 is 6.10 Å². The van der Waals surface area contributed by atoms with Crippen LogP contribution in [-0.2, 0) is 21.5 Å². The molecular weight excluding hydrogens is 386 g/mol. The van der Waals surface area contributed by atoms with Gasteiger partial charge in [-0.15, -0.1) is 0 Å². The predicted octanol–water partition coefficient (Wildman–Crippen LogP) is 4.67. The summed E-state index contributed by atoms with van der Waals surface area (Å²) < 4.78 is 8.23. The third kappa shape index (κ3) is 3.07. The standard InChI is InChI=1S/C25H25N3O2.CH4/c29-24(23-19-7-2-1-6-18(19)11-17-30-23)27-15-12-25(13-16-27)22-10-5-14-28(22)21-9-4-3-8-20(21)26-25;/h1-10,14,23,26H,11-13,15-17H2;1H4. The second-order valence-electron chi connectivity index (χ2n) is 8.51. The summed E-state index contributed by atoms with van der Waals surface area (Å²) in [4.78, 5) is 15.3. The van der Waals surface area contributed by atoms with Crippen molar-refractivity contribution in [3.8, 4) is 5.69 Å². The first-order chi connectivity index (χ1) is 14.8. The number of ether oxygens (including phenoxy) is 1. The molecule has 1 atom stereocenters. The highest BCUT2D eigenvalue weighted by Gasteiger charge is 2.43. The summed E-state index contributed by atoms with van der Waals surface area (Å²) in [7, 11) is 0. The first-order valence-corrected chi connectivity index (χ1v) is 10.8. The van der Waals surface area contributed by atoms with Gasteiger partial charge >= 0.3 is 0 Å². The molecule has 0 radical (unpaired) electrons. The van der Waals surface area contributed by atoms with Crippen molar-refractivity contribution in [1.29, 1.82) is 0 Å². The predicted molar refractivity (Wildman–Crippen MR) is 122 cm³/mol. The summed E-state index contributed by atoms with van der Waals surface area (Å²) in [6.45, 7) is 2.06. The smallest absolute Gasteiger partial charge is 0.256 e. The molecule has 2 aromatic carbocycles. The van der Waals surface area contributed by atoms with Crippen LogP contribution in [0.25, 0.3) is 5.69 Å². The first-order valence-electron chi connectivity index (χ1n) is 10.8. The minimum atomic E-state index is -0.465. The molecule has 1 amide bonds. The zero-order valence-corrected chi connectivity index (χ0v) is 16.9. The summed E-state index contributed by atoms with van der Waals surface area (Å²) in [6.07, 6.45) is 4.31. The fourth-order valence-electron chi connectivity index (χ4n) is 5.35. The van der Waals surface area contributed by atoms with Crippen molar-refractivity contribution in [2.75, 3.05) is 25.0 Å². The lowest BCUT2D eigenvalue weighted by Crippen LogP contribution is -2.52. The molecule has 3 aliphatic heterocycles. The summed E-state index contributed by atoms with van der Waals surface area (Å²) >= 11 is 0. The summed E-state index contributed by atoms with van der Waals surface area (Å²) in [5, 5.41) is 3.82. The molecule has 0 saturated carbocycles. The molecule has 0 bridgehead atoms. The van der Waals surface area contributed by atoms with E-state index in [9.17, 15) is 4.79 Å². The van der Waals surface area contributed by atoms with Gasteiger partial charge in [0.15, 0.2) is 6.10 Å². The van der Waals surface area contributed by atoms with Crippen LogP contribution in [0.15, 0.2) is 66.9 Å². The maximum Gasteiger partial charge on any atom is 0.256 e. The van der Waals surface area contributed by atoms with Crippen LogP contribution in [0.4, 0.5) is 5.69 Å². The van der Waals surface area contributed by atoms with E-state index in [-0.39, 0.29) is 18.9 Å². The summed E-state index contributed by atoms with van der Waals surface area (Å²) in [5.74, 6) is 0.101. The number of carbonyl (C=O) groups excluding carboxylic acids is 1. The van der Waals surface area contributed by atoms with E-state index >= 15 is 0 Å². The highest BCUT2D eigenvalue weighted by atomic mass is 16.5. The van der Waals surface area contributed by atoms with Gasteiger partial charge in [-0.1, -0.05) is 43.8 Å². The van der Waals surface area contributed by atoms with Crippen LogP contribution >= 0.6 is 0 Å². The van der Waals surface area contributed by atoms with Gasteiger partial charge in [0.05, 0.1) is 23.5 Å². The quantitative estimate of drug-likeness (QED) is 0.628. The van der Waals surface area contributed by atoms with Gasteiger partial charge in [0.2, 0.25) is 0 Å². The van der Waals surface area contributed by atoms with Gasteiger partial charge in [-0.05, 0) is 54.7 Å². The van der Waals surface area contributed by atoms with E-state index in [4.69, 9.17) is 4.74 Å². The number of hydrogen-bond acceptors (Lipinski definition) is 3. The fourth-order valence-corrected chi connectivity index (χ4v) is 5.35. The molecule has 3 aliphatic rings. The zero-order valence-electron chi connectivity index (χ0n) is 16.9. The number of rotatable bonds is 1. The Labute approximate surface area is 183 Å². The van der Waals surface area contributed by atoms with E-state index in [1.165, 1.54) is 16.9 Å². The Hall–Kier alpha value is -3.05. The normalized spacial score (nSPS) is 20.6. The van der Waals surface area contributed by atoms with Gasteiger partial charge in [0, 0.05) is 25.0 Å². The minimum absolute atomic E-state index is 0. The van der Waals surface area contributed by atoms with Crippen molar-refractivity contribution < 1.29 is 9.53 Å². The number of anilines is 1. The molecule has 1 fully saturated rings. The number of nitrogens with one attached hydrogen (secondary N) is 1. The molecule has 1 saturated heterocycles. The number of hydrogen-bond donors (Lipinski definition) is 1. The second kappa shape index (κ2) is 7.57. The van der Waals surface area contributed by atoms with Crippen LogP contribution in [0, 0.1) is 0 Å². The molecule has 31 heavy (non-hydrogen) atoms. The van der Waals surface area contributed by atoms with Gasteiger partial charge in [-0.2, -0.15) is 0 Å². The van der Waals surface area contributed by atoms with Gasteiger partial charge in [-0.25, -0.2) is 0 Å². The van der Waals surface area contributed by atoms with E-state index in [2.05, 4.69) is 58.5 Å². The first kappa shape index (κ1) is 19.9. The van der Waals surface area contributed by atoms with Crippen LogP contribution in [0.2, 0.25) is 0 Å². The number of nitrogens with zero attached hydrogens (tertiary/aromatic N) is 2. The van der Waals surface area contributed by atoms with Crippen molar-refractivity contribution >= 4 is 11.6 Å².